The van der Waals surface area contributed by atoms with Crippen molar-refractivity contribution in [3.05, 3.63) is 74.3 Å². The standard InChI is InChI=1S/C19H26BrNO2.C11H11BrO3.C8H17N/c1-13(15-9-5-4-6-10-15)21-14(2)18(19(22)23-3)16-11-7-8-12-17(16)20;1-7(13)10(11(14)15-2)8-5-3-4-6-9(8)12;1-7(9)8-5-3-2-4-6-8/h7-8,11-13,15,21H,4-6,9-10H2,1-3H3;3-6,10H,1-2H3;7-8H,2-6,9H2,1H3/b18-14+;;/t13-;;7-/m1.1/s1. The molecule has 0 heterocycles. The molecule has 0 saturated heterocycles. The molecule has 47 heavy (non-hydrogen) atoms. The van der Waals surface area contributed by atoms with Crippen molar-refractivity contribution < 1.29 is 23.9 Å². The molecule has 2 fully saturated rings. The van der Waals surface area contributed by atoms with Gasteiger partial charge in [0.1, 0.15) is 11.7 Å². The minimum atomic E-state index is -0.842. The van der Waals surface area contributed by atoms with Crippen LogP contribution in [-0.4, -0.2) is 44.0 Å². The van der Waals surface area contributed by atoms with Gasteiger partial charge >= 0.3 is 11.9 Å². The number of Topliss-reactive ketones (excluding diaryl/α,β-unsaturated/α-hetero) is 1. The fourth-order valence-corrected chi connectivity index (χ4v) is 7.39. The first-order valence-corrected chi connectivity index (χ1v) is 18.4. The number of hydrogen-bond donors (Lipinski definition) is 2. The highest BCUT2D eigenvalue weighted by Gasteiger charge is 2.28. The normalized spacial score (nSPS) is 17.6. The zero-order valence-corrected chi connectivity index (χ0v) is 32.1. The number of benzene rings is 2. The lowest BCUT2D eigenvalue weighted by atomic mass is 9.84. The van der Waals surface area contributed by atoms with Gasteiger partial charge in [-0.05, 0) is 82.9 Å². The summed E-state index contributed by atoms with van der Waals surface area (Å²) in [4.78, 5) is 35.1. The molecule has 0 aromatic heterocycles. The molecular formula is C38H54Br2N2O5. The number of methoxy groups -OCH3 is 2. The highest BCUT2D eigenvalue weighted by molar-refractivity contribution is 9.10. The molecule has 0 radical (unpaired) electrons. The van der Waals surface area contributed by atoms with E-state index >= 15 is 0 Å². The van der Waals surface area contributed by atoms with Crippen molar-refractivity contribution in [3.63, 3.8) is 0 Å². The zero-order chi connectivity index (χ0) is 34.9. The lowest BCUT2D eigenvalue weighted by Gasteiger charge is -2.30. The van der Waals surface area contributed by atoms with E-state index < -0.39 is 11.9 Å². The van der Waals surface area contributed by atoms with E-state index in [2.05, 4.69) is 55.8 Å². The topological polar surface area (TPSA) is 108 Å². The number of esters is 2. The van der Waals surface area contributed by atoms with Crippen molar-refractivity contribution in [1.29, 1.82) is 0 Å². The van der Waals surface area contributed by atoms with Gasteiger partial charge in [0.05, 0.1) is 19.8 Å². The van der Waals surface area contributed by atoms with E-state index in [-0.39, 0.29) is 11.8 Å². The summed E-state index contributed by atoms with van der Waals surface area (Å²) in [5.74, 6) is -0.401. The van der Waals surface area contributed by atoms with Gasteiger partial charge in [0.25, 0.3) is 0 Å². The number of ether oxygens (including phenoxy) is 2. The van der Waals surface area contributed by atoms with Crippen LogP contribution in [-0.2, 0) is 23.9 Å². The molecule has 7 nitrogen and oxygen atoms in total. The highest BCUT2D eigenvalue weighted by atomic mass is 79.9. The first kappa shape index (κ1) is 40.7. The van der Waals surface area contributed by atoms with Gasteiger partial charge in [0.2, 0.25) is 0 Å². The Morgan fingerprint density at radius 1 is 0.766 bits per heavy atom. The first-order chi connectivity index (χ1) is 22.4. The van der Waals surface area contributed by atoms with E-state index in [1.54, 1.807) is 18.2 Å². The molecule has 9 heteroatoms. The number of carbonyl (C=O) groups excluding carboxylic acids is 3. The number of halogens is 2. The molecule has 2 aromatic carbocycles. The quantitative estimate of drug-likeness (QED) is 0.149. The Bertz CT molecular complexity index is 1320. The fraction of sp³-hybridized carbons (Fsp3) is 0.553. The molecule has 4 rings (SSSR count). The maximum absolute atomic E-state index is 12.3. The zero-order valence-electron chi connectivity index (χ0n) is 29.0. The van der Waals surface area contributed by atoms with Gasteiger partial charge in [-0.25, -0.2) is 4.79 Å². The molecule has 3 N–H and O–H groups in total. The summed E-state index contributed by atoms with van der Waals surface area (Å²) in [6.45, 7) is 7.69. The molecule has 0 aliphatic heterocycles. The van der Waals surface area contributed by atoms with Crippen LogP contribution in [0.3, 0.4) is 0 Å². The molecule has 2 saturated carbocycles. The molecule has 0 amide bonds. The van der Waals surface area contributed by atoms with Crippen molar-refractivity contribution in [2.75, 3.05) is 14.2 Å². The molecule has 1 unspecified atom stereocenters. The van der Waals surface area contributed by atoms with Gasteiger partial charge in [-0.2, -0.15) is 0 Å². The van der Waals surface area contributed by atoms with Crippen molar-refractivity contribution >= 4 is 55.2 Å². The smallest absolute Gasteiger partial charge is 0.340 e. The second-order valence-electron chi connectivity index (χ2n) is 12.6. The van der Waals surface area contributed by atoms with Gasteiger partial charge in [-0.1, -0.05) is 107 Å². The average molecular weight is 779 g/mol. The Morgan fingerprint density at radius 3 is 1.72 bits per heavy atom. The number of hydrogen-bond acceptors (Lipinski definition) is 7. The lowest BCUT2D eigenvalue weighted by Crippen LogP contribution is -2.34. The van der Waals surface area contributed by atoms with E-state index in [0.29, 0.717) is 29.1 Å². The van der Waals surface area contributed by atoms with E-state index in [9.17, 15) is 14.4 Å². The fourth-order valence-electron chi connectivity index (χ4n) is 6.40. The molecular weight excluding hydrogens is 724 g/mol. The minimum absolute atomic E-state index is 0.228. The van der Waals surface area contributed by atoms with Gasteiger partial charge in [0.15, 0.2) is 0 Å². The van der Waals surface area contributed by atoms with Crippen LogP contribution < -0.4 is 11.1 Å². The Hall–Kier alpha value is -2.49. The maximum Gasteiger partial charge on any atom is 0.340 e. The summed E-state index contributed by atoms with van der Waals surface area (Å²) in [6.07, 6.45) is 13.5. The third-order valence-electron chi connectivity index (χ3n) is 9.16. The highest BCUT2D eigenvalue weighted by Crippen LogP contribution is 2.30. The van der Waals surface area contributed by atoms with Crippen molar-refractivity contribution in [2.45, 2.75) is 110 Å². The summed E-state index contributed by atoms with van der Waals surface area (Å²) >= 11 is 6.84. The number of carbonyl (C=O) groups is 3. The predicted molar refractivity (Wildman–Crippen MR) is 198 cm³/mol. The van der Waals surface area contributed by atoms with Crippen LogP contribution in [0.15, 0.2) is 63.2 Å². The number of rotatable bonds is 9. The predicted octanol–water partition coefficient (Wildman–Crippen LogP) is 9.12. The van der Waals surface area contributed by atoms with Crippen molar-refractivity contribution in [3.8, 4) is 0 Å². The summed E-state index contributed by atoms with van der Waals surface area (Å²) < 4.78 is 11.2. The number of nitrogens with two attached hydrogens (primary N) is 1. The average Bonchev–Trinajstić information content (AvgIpc) is 3.07. The second-order valence-corrected chi connectivity index (χ2v) is 14.4. The molecule has 2 aromatic rings. The van der Waals surface area contributed by atoms with Gasteiger partial charge in [0, 0.05) is 32.3 Å². The van der Waals surface area contributed by atoms with Crippen molar-refractivity contribution in [1.82, 2.24) is 5.32 Å². The Balaban J connectivity index is 0.000000273. The Labute approximate surface area is 299 Å². The number of allylic oxidation sites excluding steroid dienone is 1. The molecule has 2 aliphatic carbocycles. The van der Waals surface area contributed by atoms with Gasteiger partial charge in [-0.3, -0.25) is 9.59 Å². The third-order valence-corrected chi connectivity index (χ3v) is 10.6. The summed E-state index contributed by atoms with van der Waals surface area (Å²) in [7, 11) is 2.70. The van der Waals surface area contributed by atoms with Crippen LogP contribution in [0.1, 0.15) is 109 Å². The van der Waals surface area contributed by atoms with Crippen LogP contribution in [0.5, 0.6) is 0 Å². The van der Waals surface area contributed by atoms with Gasteiger partial charge in [-0.15, -0.1) is 0 Å². The largest absolute Gasteiger partial charge is 0.468 e. The van der Waals surface area contributed by atoms with Crippen LogP contribution in [0.2, 0.25) is 0 Å². The summed E-state index contributed by atoms with van der Waals surface area (Å²) in [5, 5.41) is 3.55. The molecule has 3 atom stereocenters. The Kier molecular flexibility index (Phi) is 18.6. The van der Waals surface area contributed by atoms with Crippen molar-refractivity contribution in [2.24, 2.45) is 17.6 Å². The molecule has 2 aliphatic rings. The van der Waals surface area contributed by atoms with E-state index in [1.165, 1.54) is 85.4 Å². The second kappa shape index (κ2) is 21.5. The Morgan fingerprint density at radius 2 is 1.28 bits per heavy atom. The first-order valence-electron chi connectivity index (χ1n) is 16.8. The minimum Gasteiger partial charge on any atom is -0.468 e. The van der Waals surface area contributed by atoms with E-state index in [1.807, 2.05) is 37.3 Å². The third kappa shape index (κ3) is 13.1. The monoisotopic (exact) mass is 776 g/mol. The molecule has 0 bridgehead atoms. The van der Waals surface area contributed by atoms with Crippen LogP contribution >= 0.6 is 31.9 Å². The van der Waals surface area contributed by atoms with Crippen LogP contribution in [0.4, 0.5) is 0 Å². The lowest BCUT2D eigenvalue weighted by molar-refractivity contribution is -0.145. The van der Waals surface area contributed by atoms with E-state index in [0.717, 1.165) is 26.1 Å². The summed E-state index contributed by atoms with van der Waals surface area (Å²) in [6, 6.07) is 15.7. The molecule has 260 valence electrons. The van der Waals surface area contributed by atoms with Gasteiger partial charge < -0.3 is 20.5 Å². The number of nitrogens with one attached hydrogen (secondary N) is 1. The van der Waals surface area contributed by atoms with Crippen LogP contribution in [0.25, 0.3) is 5.57 Å². The summed E-state index contributed by atoms with van der Waals surface area (Å²) in [5.41, 5.74) is 8.74. The van der Waals surface area contributed by atoms with E-state index in [4.69, 9.17) is 10.5 Å². The SMILES string of the molecule is COC(=O)/C(=C(\C)N[C@H](C)C1CCCCC1)c1ccccc1Br.COC(=O)C(C(C)=O)c1ccccc1Br.C[C@@H](N)C1CCCCC1. The number of ketones is 1. The van der Waals surface area contributed by atoms with Crippen LogP contribution in [0, 0.1) is 11.8 Å². The maximum atomic E-state index is 12.3. The molecule has 0 spiro atoms.